The van der Waals surface area contributed by atoms with Crippen molar-refractivity contribution in [1.82, 2.24) is 14.9 Å². The molecule has 4 rings (SSSR count). The molecule has 0 saturated carbocycles. The molecule has 0 fully saturated rings. The van der Waals surface area contributed by atoms with Crippen LogP contribution in [0.25, 0.3) is 11.1 Å². The van der Waals surface area contributed by atoms with Crippen molar-refractivity contribution in [3.8, 4) is 0 Å². The van der Waals surface area contributed by atoms with Crippen LogP contribution in [0.1, 0.15) is 82.3 Å². The monoisotopic (exact) mass is 542 g/mol. The van der Waals surface area contributed by atoms with Crippen LogP contribution >= 0.6 is 0 Å². The molecule has 7 heteroatoms. The standard InChI is InChI=1S/C33H39FN4O2/c1-6-11-29-30(28-18-20-35-31(37-28)36-23(3)25-12-9-8-10-13-25)27(26-16-14-24(22-34)15-17-26)19-21-38(29)32(39)40-33(4,5)7-2/h8-10,12-20,23H,6-7,11,21-22H2,1-5H3,(H,35,36,37). The molecular weight excluding hydrogens is 503 g/mol. The number of halogens is 1. The number of nitrogens with one attached hydrogen (secondary N) is 1. The molecule has 0 bridgehead atoms. The minimum Gasteiger partial charge on any atom is -0.443 e. The molecule has 2 heterocycles. The third-order valence-electron chi connectivity index (χ3n) is 7.26. The van der Waals surface area contributed by atoms with Crippen molar-refractivity contribution < 1.29 is 13.9 Å². The molecule has 40 heavy (non-hydrogen) atoms. The van der Waals surface area contributed by atoms with Crippen molar-refractivity contribution in [1.29, 1.82) is 0 Å². The summed E-state index contributed by atoms with van der Waals surface area (Å²) in [4.78, 5) is 24.6. The Morgan fingerprint density at radius 2 is 1.82 bits per heavy atom. The second-order valence-electron chi connectivity index (χ2n) is 10.7. The Labute approximate surface area is 237 Å². The lowest BCUT2D eigenvalue weighted by Gasteiger charge is -2.34. The van der Waals surface area contributed by atoms with E-state index in [0.29, 0.717) is 36.6 Å². The molecule has 1 aliphatic heterocycles. The zero-order valence-corrected chi connectivity index (χ0v) is 24.1. The van der Waals surface area contributed by atoms with E-state index in [4.69, 9.17) is 9.72 Å². The Balaban J connectivity index is 1.80. The third kappa shape index (κ3) is 6.76. The maximum Gasteiger partial charge on any atom is 0.414 e. The lowest BCUT2D eigenvalue weighted by atomic mass is 9.89. The van der Waals surface area contributed by atoms with Gasteiger partial charge < -0.3 is 10.1 Å². The Kier molecular flexibility index (Phi) is 9.35. The smallest absolute Gasteiger partial charge is 0.414 e. The summed E-state index contributed by atoms with van der Waals surface area (Å²) in [5.74, 6) is 0.496. The van der Waals surface area contributed by atoms with E-state index >= 15 is 0 Å². The van der Waals surface area contributed by atoms with Crippen LogP contribution in [0, 0.1) is 0 Å². The van der Waals surface area contributed by atoms with Crippen molar-refractivity contribution in [2.24, 2.45) is 0 Å². The van der Waals surface area contributed by atoms with Gasteiger partial charge >= 0.3 is 6.09 Å². The molecule has 2 aromatic carbocycles. The zero-order chi connectivity index (χ0) is 28.7. The van der Waals surface area contributed by atoms with Gasteiger partial charge in [-0.25, -0.2) is 19.2 Å². The molecule has 1 unspecified atom stereocenters. The second kappa shape index (κ2) is 12.9. The van der Waals surface area contributed by atoms with E-state index in [1.807, 2.05) is 63.2 Å². The average Bonchev–Trinajstić information content (AvgIpc) is 2.97. The lowest BCUT2D eigenvalue weighted by molar-refractivity contribution is 0.0181. The first kappa shape index (κ1) is 29.0. The Bertz CT molecular complexity index is 1370. The molecule has 1 aliphatic rings. The van der Waals surface area contributed by atoms with Gasteiger partial charge in [-0.3, -0.25) is 4.90 Å². The van der Waals surface area contributed by atoms with Gasteiger partial charge in [0.25, 0.3) is 0 Å². The van der Waals surface area contributed by atoms with E-state index in [1.165, 1.54) is 0 Å². The molecular formula is C33H39FN4O2. The number of allylic oxidation sites excluding steroid dienone is 3. The van der Waals surface area contributed by atoms with Crippen LogP contribution in [0.2, 0.25) is 0 Å². The highest BCUT2D eigenvalue weighted by Crippen LogP contribution is 2.40. The largest absolute Gasteiger partial charge is 0.443 e. The highest BCUT2D eigenvalue weighted by Gasteiger charge is 2.32. The Morgan fingerprint density at radius 1 is 1.10 bits per heavy atom. The van der Waals surface area contributed by atoms with E-state index in [-0.39, 0.29) is 12.1 Å². The number of amides is 1. The number of carbonyl (C=O) groups is 1. The topological polar surface area (TPSA) is 67.4 Å². The number of benzene rings is 2. The second-order valence-corrected chi connectivity index (χ2v) is 10.7. The quantitative estimate of drug-likeness (QED) is 0.279. The number of ether oxygens (including phenoxy) is 1. The van der Waals surface area contributed by atoms with Crippen LogP contribution in [0.5, 0.6) is 0 Å². The minimum absolute atomic E-state index is 0.00194. The maximum atomic E-state index is 13.5. The zero-order valence-electron chi connectivity index (χ0n) is 24.1. The van der Waals surface area contributed by atoms with Crippen LogP contribution in [-0.4, -0.2) is 33.1 Å². The van der Waals surface area contributed by atoms with Gasteiger partial charge in [0.1, 0.15) is 12.3 Å². The third-order valence-corrected chi connectivity index (χ3v) is 7.26. The minimum atomic E-state index is -0.583. The van der Waals surface area contributed by atoms with Crippen molar-refractivity contribution in [2.75, 3.05) is 11.9 Å². The van der Waals surface area contributed by atoms with Crippen molar-refractivity contribution >= 4 is 23.2 Å². The number of carbonyl (C=O) groups excluding carboxylic acids is 1. The van der Waals surface area contributed by atoms with E-state index < -0.39 is 12.3 Å². The molecule has 0 spiro atoms. The van der Waals surface area contributed by atoms with Crippen LogP contribution < -0.4 is 5.32 Å². The van der Waals surface area contributed by atoms with E-state index in [2.05, 4.69) is 36.3 Å². The predicted molar refractivity (Wildman–Crippen MR) is 159 cm³/mol. The first-order valence-corrected chi connectivity index (χ1v) is 14.0. The van der Waals surface area contributed by atoms with E-state index in [0.717, 1.165) is 34.4 Å². The predicted octanol–water partition coefficient (Wildman–Crippen LogP) is 8.35. The summed E-state index contributed by atoms with van der Waals surface area (Å²) in [6.45, 7) is 9.86. The number of hydrogen-bond donors (Lipinski definition) is 1. The molecule has 210 valence electrons. The fourth-order valence-electron chi connectivity index (χ4n) is 4.64. The summed E-state index contributed by atoms with van der Waals surface area (Å²) in [5.41, 5.74) is 5.46. The van der Waals surface area contributed by atoms with Crippen LogP contribution in [0.4, 0.5) is 15.1 Å². The van der Waals surface area contributed by atoms with Gasteiger partial charge in [0.05, 0.1) is 11.7 Å². The lowest BCUT2D eigenvalue weighted by Crippen LogP contribution is -2.39. The summed E-state index contributed by atoms with van der Waals surface area (Å²) >= 11 is 0. The number of nitrogens with zero attached hydrogens (tertiary/aromatic N) is 3. The van der Waals surface area contributed by atoms with Gasteiger partial charge in [-0.15, -0.1) is 0 Å². The van der Waals surface area contributed by atoms with Gasteiger partial charge in [0.15, 0.2) is 0 Å². The number of alkyl halides is 1. The normalized spacial score (nSPS) is 14.6. The fourth-order valence-corrected chi connectivity index (χ4v) is 4.64. The van der Waals surface area contributed by atoms with Gasteiger partial charge in [-0.1, -0.05) is 80.9 Å². The van der Waals surface area contributed by atoms with Crippen molar-refractivity contribution in [2.45, 2.75) is 72.2 Å². The highest BCUT2D eigenvalue weighted by atomic mass is 19.1. The summed E-state index contributed by atoms with van der Waals surface area (Å²) in [6.07, 6.45) is 5.58. The number of anilines is 1. The Morgan fingerprint density at radius 3 is 2.48 bits per heavy atom. The van der Waals surface area contributed by atoms with Gasteiger partial charge in [-0.2, -0.15) is 0 Å². The maximum absolute atomic E-state index is 13.5. The number of hydrogen-bond acceptors (Lipinski definition) is 5. The SMILES string of the molecule is CCCC1=C(c2ccnc(NC(C)c3ccccc3)n2)C(c2ccc(CF)cc2)=CCN1C(=O)OC(C)(C)CC. The van der Waals surface area contributed by atoms with Crippen LogP contribution in [0.15, 0.2) is 78.6 Å². The number of rotatable bonds is 10. The molecule has 0 saturated heterocycles. The number of aromatic nitrogens is 2. The molecule has 1 amide bonds. The first-order valence-electron chi connectivity index (χ1n) is 14.0. The van der Waals surface area contributed by atoms with Gasteiger partial charge in [0, 0.05) is 24.0 Å². The van der Waals surface area contributed by atoms with Crippen LogP contribution in [-0.2, 0) is 11.4 Å². The van der Waals surface area contributed by atoms with Crippen LogP contribution in [0.3, 0.4) is 0 Å². The van der Waals surface area contributed by atoms with E-state index in [1.54, 1.807) is 23.2 Å². The van der Waals surface area contributed by atoms with Crippen molar-refractivity contribution in [3.63, 3.8) is 0 Å². The molecule has 0 radical (unpaired) electrons. The van der Waals surface area contributed by atoms with Gasteiger partial charge in [-0.05, 0) is 61.9 Å². The molecule has 6 nitrogen and oxygen atoms in total. The molecule has 0 aliphatic carbocycles. The van der Waals surface area contributed by atoms with Gasteiger partial charge in [0.2, 0.25) is 5.95 Å². The molecule has 3 aromatic rings. The Hall–Kier alpha value is -4.00. The van der Waals surface area contributed by atoms with E-state index in [9.17, 15) is 9.18 Å². The van der Waals surface area contributed by atoms with Crippen molar-refractivity contribution in [3.05, 3.63) is 101 Å². The highest BCUT2D eigenvalue weighted by molar-refractivity contribution is 6.07. The first-order chi connectivity index (χ1) is 19.3. The fraction of sp³-hybridized carbons (Fsp3) is 0.364. The summed E-state index contributed by atoms with van der Waals surface area (Å²) in [5, 5.41) is 3.42. The molecule has 1 atom stereocenters. The molecule has 1 N–H and O–H groups in total. The average molecular weight is 543 g/mol. The summed E-state index contributed by atoms with van der Waals surface area (Å²) < 4.78 is 19.2. The summed E-state index contributed by atoms with van der Waals surface area (Å²) in [6, 6.07) is 19.5. The molecule has 1 aromatic heterocycles. The summed E-state index contributed by atoms with van der Waals surface area (Å²) in [7, 11) is 0.